The molecule has 4 rings (SSSR count). The third-order valence-electron chi connectivity index (χ3n) is 4.53. The highest BCUT2D eigenvalue weighted by Gasteiger charge is 2.14. The first kappa shape index (κ1) is 19.1. The third-order valence-corrected chi connectivity index (χ3v) is 5.06. The zero-order valence-corrected chi connectivity index (χ0v) is 17.1. The Balaban J connectivity index is 1.84. The van der Waals surface area contributed by atoms with Crippen molar-refractivity contribution in [2.75, 3.05) is 12.5 Å². The first-order valence-corrected chi connectivity index (χ1v) is 9.69. The summed E-state index contributed by atoms with van der Waals surface area (Å²) < 4.78 is 21.0. The van der Waals surface area contributed by atoms with Gasteiger partial charge in [0.15, 0.2) is 5.82 Å². The smallest absolute Gasteiger partial charge is 0.280 e. The number of benzene rings is 3. The van der Waals surface area contributed by atoms with Gasteiger partial charge in [-0.15, -0.1) is 0 Å². The van der Waals surface area contributed by atoms with Crippen LogP contribution >= 0.6 is 15.9 Å². The molecule has 0 atom stereocenters. The van der Waals surface area contributed by atoms with Crippen LogP contribution in [0.25, 0.3) is 22.3 Å². The number of fused-ring (bicyclic) bond motifs is 1. The molecule has 0 bridgehead atoms. The average molecular weight is 454 g/mol. The fourth-order valence-corrected chi connectivity index (χ4v) is 3.27. The number of nitrogens with one attached hydrogen (secondary N) is 1. The summed E-state index contributed by atoms with van der Waals surface area (Å²) in [6.07, 6.45) is 0. The normalized spacial score (nSPS) is 10.9. The highest BCUT2D eigenvalue weighted by molar-refractivity contribution is 9.10. The van der Waals surface area contributed by atoms with Gasteiger partial charge in [0.25, 0.3) is 5.56 Å². The van der Waals surface area contributed by atoms with Gasteiger partial charge in [0.2, 0.25) is 0 Å². The van der Waals surface area contributed by atoms with Gasteiger partial charge in [0.05, 0.1) is 24.6 Å². The van der Waals surface area contributed by atoms with Crippen LogP contribution in [0.1, 0.15) is 5.56 Å². The van der Waals surface area contributed by atoms with Crippen LogP contribution in [0.2, 0.25) is 0 Å². The van der Waals surface area contributed by atoms with E-state index >= 15 is 0 Å². The van der Waals surface area contributed by atoms with Crippen molar-refractivity contribution in [1.29, 1.82) is 0 Å². The number of halogens is 2. The van der Waals surface area contributed by atoms with Gasteiger partial charge in [-0.3, -0.25) is 4.79 Å². The van der Waals surface area contributed by atoms with Gasteiger partial charge >= 0.3 is 0 Å². The second-order valence-electron chi connectivity index (χ2n) is 6.43. The molecule has 1 aromatic heterocycles. The van der Waals surface area contributed by atoms with E-state index in [2.05, 4.69) is 26.3 Å². The molecule has 0 unspecified atom stereocenters. The second kappa shape index (κ2) is 8.05. The summed E-state index contributed by atoms with van der Waals surface area (Å²) in [6.45, 7) is 0.421. The largest absolute Gasteiger partial charge is 0.497 e. The Morgan fingerprint density at radius 3 is 2.48 bits per heavy atom. The van der Waals surface area contributed by atoms with E-state index in [4.69, 9.17) is 4.74 Å². The first-order chi connectivity index (χ1) is 14.0. The molecule has 0 saturated heterocycles. The fourth-order valence-electron chi connectivity index (χ4n) is 3.00. The van der Waals surface area contributed by atoms with E-state index in [-0.39, 0.29) is 11.4 Å². The Hall–Kier alpha value is -3.19. The lowest BCUT2D eigenvalue weighted by atomic mass is 10.2. The summed E-state index contributed by atoms with van der Waals surface area (Å²) in [6, 6.07) is 18.8. The highest BCUT2D eigenvalue weighted by atomic mass is 79.9. The Morgan fingerprint density at radius 1 is 1.07 bits per heavy atom. The van der Waals surface area contributed by atoms with Gasteiger partial charge in [-0.2, -0.15) is 0 Å². The summed E-state index contributed by atoms with van der Waals surface area (Å²) in [5.74, 6) is 0.649. The van der Waals surface area contributed by atoms with Crippen molar-refractivity contribution in [2.24, 2.45) is 0 Å². The molecule has 0 fully saturated rings. The maximum Gasteiger partial charge on any atom is 0.280 e. The van der Waals surface area contributed by atoms with Crippen molar-refractivity contribution in [3.8, 4) is 17.1 Å². The van der Waals surface area contributed by atoms with Gasteiger partial charge in [-0.05, 0) is 54.1 Å². The van der Waals surface area contributed by atoms with Gasteiger partial charge < -0.3 is 10.2 Å². The quantitative estimate of drug-likeness (QED) is 0.475. The number of hydrogen-bond acceptors (Lipinski definition) is 4. The average Bonchev–Trinajstić information content (AvgIpc) is 2.74. The SMILES string of the molecule is COc1ccc2c(=O)n(NCc3ccc(Br)cc3)c(-c3ccc(F)cc3)nc2c1. The Labute approximate surface area is 174 Å². The maximum absolute atomic E-state index is 13.4. The molecule has 0 aliphatic heterocycles. The molecule has 4 aromatic rings. The summed E-state index contributed by atoms with van der Waals surface area (Å²) in [4.78, 5) is 17.9. The number of ether oxygens (including phenoxy) is 1. The lowest BCUT2D eigenvalue weighted by molar-refractivity contribution is 0.415. The van der Waals surface area contributed by atoms with E-state index in [1.807, 2.05) is 24.3 Å². The van der Waals surface area contributed by atoms with Gasteiger partial charge in [-0.1, -0.05) is 28.1 Å². The predicted molar refractivity (Wildman–Crippen MR) is 115 cm³/mol. The van der Waals surface area contributed by atoms with Crippen LogP contribution in [0.3, 0.4) is 0 Å². The minimum atomic E-state index is -0.354. The molecule has 0 aliphatic rings. The molecule has 7 heteroatoms. The number of rotatable bonds is 5. The van der Waals surface area contributed by atoms with E-state index in [1.54, 1.807) is 37.4 Å². The van der Waals surface area contributed by atoms with Crippen molar-refractivity contribution >= 4 is 26.8 Å². The summed E-state index contributed by atoms with van der Waals surface area (Å²) in [5, 5.41) is 0.458. The molecule has 146 valence electrons. The molecule has 3 aromatic carbocycles. The van der Waals surface area contributed by atoms with Gasteiger partial charge in [-0.25, -0.2) is 14.1 Å². The number of nitrogens with zero attached hydrogens (tertiary/aromatic N) is 2. The third kappa shape index (κ3) is 4.00. The molecule has 1 heterocycles. The van der Waals surface area contributed by atoms with Crippen LogP contribution < -0.4 is 15.7 Å². The van der Waals surface area contributed by atoms with E-state index in [1.165, 1.54) is 16.8 Å². The molecule has 0 aliphatic carbocycles. The fraction of sp³-hybridized carbons (Fsp3) is 0.0909. The second-order valence-corrected chi connectivity index (χ2v) is 7.34. The summed E-state index contributed by atoms with van der Waals surface area (Å²) >= 11 is 3.41. The van der Waals surface area contributed by atoms with Crippen molar-refractivity contribution in [1.82, 2.24) is 9.66 Å². The Morgan fingerprint density at radius 2 is 1.79 bits per heavy atom. The van der Waals surface area contributed by atoms with E-state index < -0.39 is 0 Å². The zero-order chi connectivity index (χ0) is 20.4. The molecule has 0 saturated carbocycles. The van der Waals surface area contributed by atoms with Crippen molar-refractivity contribution in [3.63, 3.8) is 0 Å². The monoisotopic (exact) mass is 453 g/mol. The summed E-state index contributed by atoms with van der Waals surface area (Å²) in [5.41, 5.74) is 5.04. The number of methoxy groups -OCH3 is 1. The molecular weight excluding hydrogens is 437 g/mol. The lowest BCUT2D eigenvalue weighted by Gasteiger charge is -2.16. The molecule has 5 nitrogen and oxygen atoms in total. The molecular formula is C22H17BrFN3O2. The van der Waals surface area contributed by atoms with Crippen molar-refractivity contribution in [3.05, 3.63) is 92.9 Å². The van der Waals surface area contributed by atoms with Gasteiger partial charge in [0, 0.05) is 16.1 Å². The predicted octanol–water partition coefficient (Wildman–Crippen LogP) is 4.72. The molecule has 0 spiro atoms. The van der Waals surface area contributed by atoms with Crippen molar-refractivity contribution in [2.45, 2.75) is 6.54 Å². The first-order valence-electron chi connectivity index (χ1n) is 8.90. The van der Waals surface area contributed by atoms with E-state index in [9.17, 15) is 9.18 Å². The molecule has 1 N–H and O–H groups in total. The van der Waals surface area contributed by atoms with Crippen LogP contribution in [0, 0.1) is 5.82 Å². The molecule has 0 amide bonds. The van der Waals surface area contributed by atoms with Crippen LogP contribution in [-0.4, -0.2) is 16.8 Å². The number of aromatic nitrogens is 2. The maximum atomic E-state index is 13.4. The lowest BCUT2D eigenvalue weighted by Crippen LogP contribution is -2.31. The van der Waals surface area contributed by atoms with Crippen LogP contribution in [0.15, 0.2) is 76.0 Å². The standard InChI is InChI=1S/C22H17BrFN3O2/c1-29-18-10-11-19-20(12-18)26-21(15-4-8-17(24)9-5-15)27(22(19)28)25-13-14-2-6-16(23)7-3-14/h2-12,25H,13H2,1H3. The minimum absolute atomic E-state index is 0.242. The van der Waals surface area contributed by atoms with Crippen LogP contribution in [0.5, 0.6) is 5.75 Å². The van der Waals surface area contributed by atoms with E-state index in [0.717, 1.165) is 10.0 Å². The minimum Gasteiger partial charge on any atom is -0.497 e. The molecule has 0 radical (unpaired) electrons. The van der Waals surface area contributed by atoms with Crippen LogP contribution in [0.4, 0.5) is 4.39 Å². The molecule has 29 heavy (non-hydrogen) atoms. The zero-order valence-electron chi connectivity index (χ0n) is 15.5. The highest BCUT2D eigenvalue weighted by Crippen LogP contribution is 2.22. The van der Waals surface area contributed by atoms with E-state index in [0.29, 0.717) is 34.6 Å². The van der Waals surface area contributed by atoms with Crippen LogP contribution in [-0.2, 0) is 6.54 Å². The number of hydrogen-bond donors (Lipinski definition) is 1. The topological polar surface area (TPSA) is 56.1 Å². The van der Waals surface area contributed by atoms with Gasteiger partial charge in [0.1, 0.15) is 11.6 Å². The Kier molecular flexibility index (Phi) is 5.31. The summed E-state index contributed by atoms with van der Waals surface area (Å²) in [7, 11) is 1.56. The Bertz CT molecular complexity index is 1220. The van der Waals surface area contributed by atoms with Crippen molar-refractivity contribution < 1.29 is 9.13 Å².